The summed E-state index contributed by atoms with van der Waals surface area (Å²) in [5.41, 5.74) is 0.583. The molecule has 0 saturated carbocycles. The summed E-state index contributed by atoms with van der Waals surface area (Å²) in [6.45, 7) is 6.88. The first-order valence-corrected chi connectivity index (χ1v) is 8.14. The van der Waals surface area contributed by atoms with E-state index < -0.39 is 6.10 Å². The van der Waals surface area contributed by atoms with Crippen molar-refractivity contribution >= 4 is 5.78 Å². The number of methoxy groups -OCH3 is 1. The van der Waals surface area contributed by atoms with E-state index in [-0.39, 0.29) is 12.4 Å². The van der Waals surface area contributed by atoms with Gasteiger partial charge in [0.2, 0.25) is 0 Å². The van der Waals surface area contributed by atoms with Gasteiger partial charge in [-0.25, -0.2) is 0 Å². The molecule has 0 aromatic heterocycles. The number of carbonyl (C=O) groups excluding carboxylic acids is 1. The maximum Gasteiger partial charge on any atom is 0.161 e. The molecule has 1 heterocycles. The number of hydrogen-bond donors (Lipinski definition) is 3. The Morgan fingerprint density at radius 3 is 2.57 bits per heavy atom. The Balaban J connectivity index is 1.86. The standard InChI is InChI=1S/C17H26N2O4/c1-13(20)14-4-5-16(17(10-14)22-3)23-12-15(21)11-19-8-6-18(2)7-9-19/h4-5,10,15,21H,6-9,11-12H2,1-3H3/p+2/t15-/m1/s1. The quantitative estimate of drug-likeness (QED) is 0.510. The van der Waals surface area contributed by atoms with Crippen LogP contribution in [0.15, 0.2) is 18.2 Å². The van der Waals surface area contributed by atoms with Crippen molar-refractivity contribution in [1.82, 2.24) is 0 Å². The third-order valence-corrected chi connectivity index (χ3v) is 4.34. The highest BCUT2D eigenvalue weighted by atomic mass is 16.5. The second-order valence-corrected chi connectivity index (χ2v) is 6.30. The molecule has 128 valence electrons. The largest absolute Gasteiger partial charge is 0.493 e. The van der Waals surface area contributed by atoms with Crippen molar-refractivity contribution in [3.05, 3.63) is 23.8 Å². The van der Waals surface area contributed by atoms with Crippen LogP contribution in [0.25, 0.3) is 0 Å². The summed E-state index contributed by atoms with van der Waals surface area (Å²) in [6, 6.07) is 5.09. The Bertz CT molecular complexity index is 527. The van der Waals surface area contributed by atoms with E-state index >= 15 is 0 Å². The number of ether oxygens (including phenoxy) is 2. The van der Waals surface area contributed by atoms with Crippen LogP contribution in [-0.4, -0.2) is 70.5 Å². The van der Waals surface area contributed by atoms with Crippen LogP contribution < -0.4 is 19.3 Å². The minimum Gasteiger partial charge on any atom is -0.493 e. The smallest absolute Gasteiger partial charge is 0.161 e. The number of aliphatic hydroxyl groups excluding tert-OH is 1. The minimum absolute atomic E-state index is 0.0179. The van der Waals surface area contributed by atoms with Crippen LogP contribution in [-0.2, 0) is 0 Å². The number of Topliss-reactive ketones (excluding diaryl/α,β-unsaturated/α-hetero) is 1. The normalized spacial score (nSPS) is 22.4. The molecule has 1 atom stereocenters. The van der Waals surface area contributed by atoms with Crippen molar-refractivity contribution in [2.24, 2.45) is 0 Å². The molecule has 1 saturated heterocycles. The summed E-state index contributed by atoms with van der Waals surface area (Å²) in [5, 5.41) is 10.2. The lowest BCUT2D eigenvalue weighted by atomic mass is 10.1. The van der Waals surface area contributed by atoms with E-state index in [0.717, 1.165) is 26.2 Å². The fourth-order valence-electron chi connectivity index (χ4n) is 2.82. The lowest BCUT2D eigenvalue weighted by Gasteiger charge is -2.28. The molecular weight excluding hydrogens is 296 g/mol. The summed E-state index contributed by atoms with van der Waals surface area (Å²) in [5.74, 6) is 1.05. The molecule has 6 heteroatoms. The van der Waals surface area contributed by atoms with Crippen LogP contribution in [0.2, 0.25) is 0 Å². The Hall–Kier alpha value is -1.63. The van der Waals surface area contributed by atoms with E-state index in [1.807, 2.05) is 0 Å². The molecule has 3 N–H and O–H groups in total. The Kier molecular flexibility index (Phi) is 6.38. The van der Waals surface area contributed by atoms with E-state index in [9.17, 15) is 9.90 Å². The third-order valence-electron chi connectivity index (χ3n) is 4.34. The number of rotatable bonds is 7. The molecule has 0 spiro atoms. The second-order valence-electron chi connectivity index (χ2n) is 6.30. The monoisotopic (exact) mass is 324 g/mol. The minimum atomic E-state index is -0.513. The van der Waals surface area contributed by atoms with E-state index in [2.05, 4.69) is 7.05 Å². The molecule has 1 aromatic rings. The fourth-order valence-corrected chi connectivity index (χ4v) is 2.82. The van der Waals surface area contributed by atoms with Crippen molar-refractivity contribution in [3.63, 3.8) is 0 Å². The number of likely N-dealkylation sites (N-methyl/N-ethyl adjacent to an activating group) is 1. The van der Waals surface area contributed by atoms with Crippen molar-refractivity contribution in [2.75, 3.05) is 53.5 Å². The van der Waals surface area contributed by atoms with Gasteiger partial charge in [0.25, 0.3) is 0 Å². The summed E-state index contributed by atoms with van der Waals surface area (Å²) in [7, 11) is 3.74. The average molecular weight is 324 g/mol. The molecule has 1 aliphatic rings. The van der Waals surface area contributed by atoms with Gasteiger partial charge >= 0.3 is 0 Å². The first kappa shape index (κ1) is 17.7. The van der Waals surface area contributed by atoms with Gasteiger partial charge in [0, 0.05) is 5.56 Å². The number of ketones is 1. The van der Waals surface area contributed by atoms with Gasteiger partial charge in [0.1, 0.15) is 45.4 Å². The lowest BCUT2D eigenvalue weighted by molar-refractivity contribution is -1.00. The summed E-state index contributed by atoms with van der Waals surface area (Å²) >= 11 is 0. The zero-order valence-corrected chi connectivity index (χ0v) is 14.2. The van der Waals surface area contributed by atoms with Crippen molar-refractivity contribution in [3.8, 4) is 11.5 Å². The van der Waals surface area contributed by atoms with Gasteiger partial charge in [-0.1, -0.05) is 0 Å². The van der Waals surface area contributed by atoms with E-state index in [1.54, 1.807) is 30.2 Å². The number of quaternary nitrogens is 2. The zero-order chi connectivity index (χ0) is 16.8. The van der Waals surface area contributed by atoms with Gasteiger partial charge in [-0.3, -0.25) is 4.79 Å². The molecule has 1 aromatic carbocycles. The van der Waals surface area contributed by atoms with Crippen molar-refractivity contribution in [1.29, 1.82) is 0 Å². The molecule has 1 fully saturated rings. The fraction of sp³-hybridized carbons (Fsp3) is 0.588. The maximum atomic E-state index is 11.4. The zero-order valence-electron chi connectivity index (χ0n) is 14.2. The van der Waals surface area contributed by atoms with E-state index in [0.29, 0.717) is 23.6 Å². The van der Waals surface area contributed by atoms with Crippen LogP contribution in [0.1, 0.15) is 17.3 Å². The second kappa shape index (κ2) is 8.29. The number of carbonyl (C=O) groups is 1. The molecule has 0 aliphatic carbocycles. The van der Waals surface area contributed by atoms with Gasteiger partial charge in [0.05, 0.1) is 14.2 Å². The SMILES string of the molecule is COc1cc(C(C)=O)ccc1OC[C@H](O)C[NH+]1CC[NH+](C)CC1. The first-order chi connectivity index (χ1) is 11.0. The van der Waals surface area contributed by atoms with E-state index in [1.165, 1.54) is 11.8 Å². The van der Waals surface area contributed by atoms with Crippen LogP contribution in [0.5, 0.6) is 11.5 Å². The molecule has 0 bridgehead atoms. The topological polar surface area (TPSA) is 64.6 Å². The van der Waals surface area contributed by atoms with Crippen LogP contribution >= 0.6 is 0 Å². The summed E-state index contributed by atoms with van der Waals surface area (Å²) in [6.07, 6.45) is -0.513. The number of hydrogen-bond acceptors (Lipinski definition) is 4. The highest BCUT2D eigenvalue weighted by molar-refractivity contribution is 5.94. The molecule has 0 amide bonds. The molecule has 6 nitrogen and oxygen atoms in total. The average Bonchev–Trinajstić information content (AvgIpc) is 2.54. The molecule has 23 heavy (non-hydrogen) atoms. The van der Waals surface area contributed by atoms with Gasteiger partial charge < -0.3 is 24.4 Å². The Morgan fingerprint density at radius 2 is 1.96 bits per heavy atom. The lowest BCUT2D eigenvalue weighted by Crippen LogP contribution is -3.27. The summed E-state index contributed by atoms with van der Waals surface area (Å²) in [4.78, 5) is 14.4. The predicted octanol–water partition coefficient (Wildman–Crippen LogP) is -1.95. The highest BCUT2D eigenvalue weighted by Crippen LogP contribution is 2.28. The van der Waals surface area contributed by atoms with Gasteiger partial charge in [-0.2, -0.15) is 0 Å². The van der Waals surface area contributed by atoms with E-state index in [4.69, 9.17) is 9.47 Å². The van der Waals surface area contributed by atoms with Crippen LogP contribution in [0.4, 0.5) is 0 Å². The number of nitrogens with one attached hydrogen (secondary N) is 2. The summed E-state index contributed by atoms with van der Waals surface area (Å²) < 4.78 is 10.9. The number of aliphatic hydroxyl groups is 1. The van der Waals surface area contributed by atoms with Crippen LogP contribution in [0, 0.1) is 0 Å². The van der Waals surface area contributed by atoms with Crippen molar-refractivity contribution < 1.29 is 29.2 Å². The van der Waals surface area contributed by atoms with Crippen molar-refractivity contribution in [2.45, 2.75) is 13.0 Å². The number of piperazine rings is 1. The van der Waals surface area contributed by atoms with Gasteiger partial charge in [-0.05, 0) is 25.1 Å². The molecular formula is C17H28N2O4+2. The molecule has 0 radical (unpaired) electrons. The van der Waals surface area contributed by atoms with Gasteiger partial charge in [-0.15, -0.1) is 0 Å². The number of benzene rings is 1. The molecule has 0 unspecified atom stereocenters. The Morgan fingerprint density at radius 1 is 1.26 bits per heavy atom. The highest BCUT2D eigenvalue weighted by Gasteiger charge is 2.23. The predicted molar refractivity (Wildman–Crippen MR) is 86.7 cm³/mol. The van der Waals surface area contributed by atoms with Gasteiger partial charge in [0.15, 0.2) is 17.3 Å². The molecule has 1 aliphatic heterocycles. The maximum absolute atomic E-state index is 11.4. The Labute approximate surface area is 137 Å². The third kappa shape index (κ3) is 5.20. The first-order valence-electron chi connectivity index (χ1n) is 8.14. The van der Waals surface area contributed by atoms with Crippen LogP contribution in [0.3, 0.4) is 0 Å². The molecule has 2 rings (SSSR count).